The van der Waals surface area contributed by atoms with E-state index in [1.165, 1.54) is 13.8 Å². The Kier molecular flexibility index (Phi) is 5.38. The van der Waals surface area contributed by atoms with E-state index in [9.17, 15) is 18.6 Å². The Morgan fingerprint density at radius 3 is 2.44 bits per heavy atom. The van der Waals surface area contributed by atoms with Crippen LogP contribution < -0.4 is 4.72 Å². The van der Waals surface area contributed by atoms with Crippen molar-refractivity contribution >= 4 is 10.0 Å². The Morgan fingerprint density at radius 2 is 1.92 bits per heavy atom. The maximum atomic E-state index is 12.6. The zero-order valence-corrected chi connectivity index (χ0v) is 15.8. The molecule has 0 radical (unpaired) electrons. The summed E-state index contributed by atoms with van der Waals surface area (Å²) in [5.74, 6) is 0.607. The number of sulfonamides is 1. The summed E-state index contributed by atoms with van der Waals surface area (Å²) in [6, 6.07) is 5.08. The fraction of sp³-hybridized carbons (Fsp3) is 0.471. The molecule has 0 saturated heterocycles. The van der Waals surface area contributed by atoms with Crippen LogP contribution in [0.15, 0.2) is 27.6 Å². The number of aliphatic hydroxyl groups is 2. The van der Waals surface area contributed by atoms with E-state index in [4.69, 9.17) is 4.52 Å². The molecule has 1 aromatic carbocycles. The van der Waals surface area contributed by atoms with E-state index >= 15 is 0 Å². The van der Waals surface area contributed by atoms with Crippen molar-refractivity contribution in [2.24, 2.45) is 0 Å². The average Bonchev–Trinajstić information content (AvgIpc) is 2.83. The summed E-state index contributed by atoms with van der Waals surface area (Å²) < 4.78 is 32.8. The molecule has 25 heavy (non-hydrogen) atoms. The van der Waals surface area contributed by atoms with Gasteiger partial charge in [-0.15, -0.1) is 0 Å². The molecular weight excluding hydrogens is 344 g/mol. The van der Waals surface area contributed by atoms with Gasteiger partial charge >= 0.3 is 0 Å². The summed E-state index contributed by atoms with van der Waals surface area (Å²) in [7, 11) is -3.86. The van der Waals surface area contributed by atoms with E-state index < -0.39 is 21.7 Å². The molecule has 7 nitrogen and oxygen atoms in total. The summed E-state index contributed by atoms with van der Waals surface area (Å²) >= 11 is 0. The lowest BCUT2D eigenvalue weighted by molar-refractivity contribution is -0.0439. The molecule has 0 aliphatic carbocycles. The maximum Gasteiger partial charge on any atom is 0.240 e. The van der Waals surface area contributed by atoms with Crippen molar-refractivity contribution in [2.45, 2.75) is 51.2 Å². The van der Waals surface area contributed by atoms with Crippen LogP contribution in [0.1, 0.15) is 30.9 Å². The molecule has 8 heteroatoms. The number of hydrogen-bond donors (Lipinski definition) is 3. The third kappa shape index (κ3) is 4.27. The number of aliphatic hydroxyl groups excluding tert-OH is 1. The van der Waals surface area contributed by atoms with Crippen LogP contribution >= 0.6 is 0 Å². The SMILES string of the molecule is Cc1ccc(-c2c(C)noc2C)cc1S(=O)(=O)NCC(O)C(C)(C)O. The minimum Gasteiger partial charge on any atom is -0.389 e. The number of nitrogens with one attached hydrogen (secondary N) is 1. The molecule has 2 aromatic rings. The second-order valence-corrected chi connectivity index (χ2v) is 8.44. The lowest BCUT2D eigenvalue weighted by atomic mass is 10.0. The second-order valence-electron chi connectivity index (χ2n) is 6.70. The van der Waals surface area contributed by atoms with Gasteiger partial charge in [0.05, 0.1) is 22.3 Å². The molecule has 0 aliphatic heterocycles. The molecule has 2 rings (SSSR count). The number of hydrogen-bond acceptors (Lipinski definition) is 6. The molecule has 0 bridgehead atoms. The molecule has 0 fully saturated rings. The first-order valence-corrected chi connectivity index (χ1v) is 9.36. The highest BCUT2D eigenvalue weighted by molar-refractivity contribution is 7.89. The standard InChI is InChI=1S/C17H24N2O5S/c1-10-6-7-13(16-11(2)19-24-12(16)3)8-14(10)25(22,23)18-9-15(20)17(4,5)21/h6-8,15,18,20-21H,9H2,1-5H3. The predicted molar refractivity (Wildman–Crippen MR) is 93.6 cm³/mol. The third-order valence-corrected chi connectivity index (χ3v) is 5.65. The first-order valence-electron chi connectivity index (χ1n) is 7.87. The highest BCUT2D eigenvalue weighted by Gasteiger charge is 2.27. The zero-order valence-electron chi connectivity index (χ0n) is 15.0. The van der Waals surface area contributed by atoms with Gasteiger partial charge < -0.3 is 14.7 Å². The van der Waals surface area contributed by atoms with E-state index in [1.54, 1.807) is 32.9 Å². The van der Waals surface area contributed by atoms with Crippen LogP contribution in [0.5, 0.6) is 0 Å². The minimum atomic E-state index is -3.86. The third-order valence-electron chi connectivity index (χ3n) is 4.08. The van der Waals surface area contributed by atoms with E-state index in [-0.39, 0.29) is 11.4 Å². The number of aryl methyl sites for hydroxylation is 3. The molecule has 0 saturated carbocycles. The normalized spacial score (nSPS) is 13.9. The fourth-order valence-corrected chi connectivity index (χ4v) is 3.76. The fourth-order valence-electron chi connectivity index (χ4n) is 2.46. The van der Waals surface area contributed by atoms with Gasteiger partial charge in [0.15, 0.2) is 0 Å². The molecule has 1 unspecified atom stereocenters. The van der Waals surface area contributed by atoms with Crippen LogP contribution in [0.4, 0.5) is 0 Å². The van der Waals surface area contributed by atoms with Gasteiger partial charge in [0.1, 0.15) is 5.76 Å². The Labute approximate surface area is 147 Å². The molecule has 1 heterocycles. The zero-order chi connectivity index (χ0) is 19.0. The molecular formula is C17H24N2O5S. The smallest absolute Gasteiger partial charge is 0.240 e. The largest absolute Gasteiger partial charge is 0.389 e. The summed E-state index contributed by atoms with van der Waals surface area (Å²) in [6.45, 7) is 7.78. The Hall–Kier alpha value is -1.74. The average molecular weight is 368 g/mol. The van der Waals surface area contributed by atoms with Gasteiger partial charge in [-0.25, -0.2) is 13.1 Å². The summed E-state index contributed by atoms with van der Waals surface area (Å²) in [5.41, 5.74) is 1.28. The highest BCUT2D eigenvalue weighted by Crippen LogP contribution is 2.30. The highest BCUT2D eigenvalue weighted by atomic mass is 32.2. The molecule has 3 N–H and O–H groups in total. The van der Waals surface area contributed by atoms with Crippen molar-refractivity contribution in [2.75, 3.05) is 6.54 Å². The van der Waals surface area contributed by atoms with Crippen LogP contribution in [-0.4, -0.2) is 42.0 Å². The summed E-state index contributed by atoms with van der Waals surface area (Å²) in [4.78, 5) is 0.105. The molecule has 1 aromatic heterocycles. The molecule has 0 amide bonds. The predicted octanol–water partition coefficient (Wildman–Crippen LogP) is 1.68. The van der Waals surface area contributed by atoms with Crippen molar-refractivity contribution in [3.8, 4) is 11.1 Å². The quantitative estimate of drug-likeness (QED) is 0.715. The van der Waals surface area contributed by atoms with Crippen LogP contribution in [-0.2, 0) is 10.0 Å². The van der Waals surface area contributed by atoms with E-state index in [2.05, 4.69) is 9.88 Å². The van der Waals surface area contributed by atoms with E-state index in [0.29, 0.717) is 22.6 Å². The van der Waals surface area contributed by atoms with Crippen LogP contribution in [0.3, 0.4) is 0 Å². The van der Waals surface area contributed by atoms with E-state index in [1.807, 2.05) is 6.07 Å². The van der Waals surface area contributed by atoms with Crippen LogP contribution in [0.25, 0.3) is 11.1 Å². The van der Waals surface area contributed by atoms with Crippen LogP contribution in [0, 0.1) is 20.8 Å². The van der Waals surface area contributed by atoms with Crippen molar-refractivity contribution in [1.82, 2.24) is 9.88 Å². The lowest BCUT2D eigenvalue weighted by Crippen LogP contribution is -2.44. The van der Waals surface area contributed by atoms with Crippen molar-refractivity contribution < 1.29 is 23.2 Å². The monoisotopic (exact) mass is 368 g/mol. The van der Waals surface area contributed by atoms with Crippen LogP contribution in [0.2, 0.25) is 0 Å². The number of aromatic nitrogens is 1. The second kappa shape index (κ2) is 6.87. The number of benzene rings is 1. The summed E-state index contributed by atoms with van der Waals surface area (Å²) in [6.07, 6.45) is -1.23. The van der Waals surface area contributed by atoms with Crippen molar-refractivity contribution in [1.29, 1.82) is 0 Å². The topological polar surface area (TPSA) is 113 Å². The number of nitrogens with zero attached hydrogens (tertiary/aromatic N) is 1. The van der Waals surface area contributed by atoms with Gasteiger partial charge in [-0.1, -0.05) is 17.3 Å². The maximum absolute atomic E-state index is 12.6. The Bertz CT molecular complexity index is 846. The van der Waals surface area contributed by atoms with Gasteiger partial charge in [-0.2, -0.15) is 0 Å². The lowest BCUT2D eigenvalue weighted by Gasteiger charge is -2.24. The summed E-state index contributed by atoms with van der Waals surface area (Å²) in [5, 5.41) is 23.5. The number of rotatable bonds is 6. The molecule has 1 atom stereocenters. The first kappa shape index (κ1) is 19.6. The Balaban J connectivity index is 2.37. The van der Waals surface area contributed by atoms with Crippen molar-refractivity contribution in [3.63, 3.8) is 0 Å². The molecule has 138 valence electrons. The van der Waals surface area contributed by atoms with Gasteiger partial charge in [0.2, 0.25) is 10.0 Å². The Morgan fingerprint density at radius 1 is 1.28 bits per heavy atom. The van der Waals surface area contributed by atoms with Crippen molar-refractivity contribution in [3.05, 3.63) is 35.2 Å². The first-order chi connectivity index (χ1) is 11.4. The minimum absolute atomic E-state index is 0.105. The van der Waals surface area contributed by atoms with Gasteiger partial charge in [0.25, 0.3) is 0 Å². The molecule has 0 aliphatic rings. The molecule has 0 spiro atoms. The van der Waals surface area contributed by atoms with Gasteiger partial charge in [-0.05, 0) is 51.8 Å². The van der Waals surface area contributed by atoms with Gasteiger partial charge in [0, 0.05) is 12.1 Å². The van der Waals surface area contributed by atoms with Gasteiger partial charge in [-0.3, -0.25) is 0 Å². The van der Waals surface area contributed by atoms with E-state index in [0.717, 1.165) is 5.56 Å².